The fourth-order valence-corrected chi connectivity index (χ4v) is 3.56. The van der Waals surface area contributed by atoms with E-state index in [0.717, 1.165) is 18.0 Å². The Morgan fingerprint density at radius 1 is 1.45 bits per heavy atom. The molecule has 1 N–H and O–H groups in total. The smallest absolute Gasteiger partial charge is 0.313 e. The van der Waals surface area contributed by atoms with Gasteiger partial charge in [0.2, 0.25) is 0 Å². The largest absolute Gasteiger partial charge is 0.324 e. The van der Waals surface area contributed by atoms with E-state index in [1.807, 2.05) is 6.07 Å². The monoisotopic (exact) mass is 294 g/mol. The average molecular weight is 294 g/mol. The molecule has 1 heterocycles. The van der Waals surface area contributed by atoms with Crippen LogP contribution in [0.25, 0.3) is 6.08 Å². The molecule has 0 radical (unpaired) electrons. The molecule has 0 bridgehead atoms. The zero-order chi connectivity index (χ0) is 14.4. The molecule has 0 spiro atoms. The maximum atomic E-state index is 10.8. The van der Waals surface area contributed by atoms with E-state index in [0.29, 0.717) is 5.92 Å². The van der Waals surface area contributed by atoms with E-state index in [2.05, 4.69) is 18.3 Å². The summed E-state index contributed by atoms with van der Waals surface area (Å²) in [5.74, 6) is 0.643. The fourth-order valence-electron chi connectivity index (χ4n) is 2.76. The van der Waals surface area contributed by atoms with E-state index >= 15 is 0 Å². The SMILES string of the molecule is CCNC/C(=C/c1ccc([N+](=O)[O-])s1)C1CCCCC1. The highest BCUT2D eigenvalue weighted by atomic mass is 32.1. The molecule has 0 aliphatic heterocycles. The van der Waals surface area contributed by atoms with Crippen LogP contribution >= 0.6 is 11.3 Å². The second-order valence-electron chi connectivity index (χ2n) is 5.27. The van der Waals surface area contributed by atoms with Crippen molar-refractivity contribution in [3.8, 4) is 0 Å². The van der Waals surface area contributed by atoms with Gasteiger partial charge in [-0.15, -0.1) is 0 Å². The Morgan fingerprint density at radius 3 is 2.80 bits per heavy atom. The molecule has 0 saturated heterocycles. The zero-order valence-corrected chi connectivity index (χ0v) is 12.7. The molecule has 5 heteroatoms. The molecule has 1 saturated carbocycles. The number of hydrogen-bond acceptors (Lipinski definition) is 4. The fraction of sp³-hybridized carbons (Fsp3) is 0.600. The van der Waals surface area contributed by atoms with Gasteiger partial charge in [0.1, 0.15) is 0 Å². The summed E-state index contributed by atoms with van der Waals surface area (Å²) >= 11 is 1.26. The molecule has 0 atom stereocenters. The van der Waals surface area contributed by atoms with Crippen LogP contribution in [0.4, 0.5) is 5.00 Å². The van der Waals surface area contributed by atoms with Crippen LogP contribution in [0.3, 0.4) is 0 Å². The summed E-state index contributed by atoms with van der Waals surface area (Å²) in [6.45, 7) is 3.95. The van der Waals surface area contributed by atoms with Crippen molar-refractivity contribution in [1.82, 2.24) is 5.32 Å². The van der Waals surface area contributed by atoms with Crippen molar-refractivity contribution in [2.45, 2.75) is 39.0 Å². The molecule has 2 rings (SSSR count). The molecule has 0 amide bonds. The summed E-state index contributed by atoms with van der Waals surface area (Å²) in [5.41, 5.74) is 1.41. The van der Waals surface area contributed by atoms with Gasteiger partial charge in [-0.2, -0.15) is 0 Å². The lowest BCUT2D eigenvalue weighted by Crippen LogP contribution is -2.21. The van der Waals surface area contributed by atoms with E-state index in [4.69, 9.17) is 0 Å². The number of nitrogens with zero attached hydrogens (tertiary/aromatic N) is 1. The first-order valence-electron chi connectivity index (χ1n) is 7.36. The van der Waals surface area contributed by atoms with E-state index < -0.39 is 0 Å². The Morgan fingerprint density at radius 2 is 2.20 bits per heavy atom. The zero-order valence-electron chi connectivity index (χ0n) is 11.9. The number of nitrogens with one attached hydrogen (secondary N) is 1. The van der Waals surface area contributed by atoms with Gasteiger partial charge in [-0.1, -0.05) is 43.1 Å². The molecule has 110 valence electrons. The molecule has 0 unspecified atom stereocenters. The number of thiophene rings is 1. The molecule has 1 fully saturated rings. The summed E-state index contributed by atoms with van der Waals surface area (Å²) < 4.78 is 0. The lowest BCUT2D eigenvalue weighted by molar-refractivity contribution is -0.380. The lowest BCUT2D eigenvalue weighted by Gasteiger charge is -2.24. The van der Waals surface area contributed by atoms with Crippen LogP contribution in [0.15, 0.2) is 17.7 Å². The second kappa shape index (κ2) is 7.55. The molecule has 20 heavy (non-hydrogen) atoms. The van der Waals surface area contributed by atoms with Gasteiger partial charge in [0.25, 0.3) is 0 Å². The van der Waals surface area contributed by atoms with Crippen molar-refractivity contribution in [2.24, 2.45) is 5.92 Å². The van der Waals surface area contributed by atoms with Gasteiger partial charge in [-0.05, 0) is 37.4 Å². The van der Waals surface area contributed by atoms with Crippen molar-refractivity contribution >= 4 is 22.4 Å². The maximum Gasteiger partial charge on any atom is 0.324 e. The van der Waals surface area contributed by atoms with Gasteiger partial charge in [0.15, 0.2) is 0 Å². The van der Waals surface area contributed by atoms with Crippen molar-refractivity contribution < 1.29 is 4.92 Å². The minimum absolute atomic E-state index is 0.225. The molecule has 1 aliphatic rings. The predicted molar refractivity (Wildman–Crippen MR) is 84.1 cm³/mol. The normalized spacial score (nSPS) is 17.4. The van der Waals surface area contributed by atoms with Crippen molar-refractivity contribution in [3.63, 3.8) is 0 Å². The first-order valence-corrected chi connectivity index (χ1v) is 8.17. The Kier molecular flexibility index (Phi) is 5.73. The minimum atomic E-state index is -0.313. The number of nitro groups is 1. The van der Waals surface area contributed by atoms with Gasteiger partial charge in [-0.25, -0.2) is 0 Å². The van der Waals surface area contributed by atoms with Crippen molar-refractivity contribution in [2.75, 3.05) is 13.1 Å². The Bertz CT molecular complexity index is 476. The summed E-state index contributed by atoms with van der Waals surface area (Å²) in [6, 6.07) is 3.46. The molecule has 1 aromatic heterocycles. The van der Waals surface area contributed by atoms with Crippen LogP contribution in [0.1, 0.15) is 43.9 Å². The summed E-state index contributed by atoms with van der Waals surface area (Å²) in [5, 5.41) is 14.4. The second-order valence-corrected chi connectivity index (χ2v) is 6.36. The van der Waals surface area contributed by atoms with E-state index in [1.54, 1.807) is 6.07 Å². The molecular weight excluding hydrogens is 272 g/mol. The van der Waals surface area contributed by atoms with Gasteiger partial charge >= 0.3 is 5.00 Å². The van der Waals surface area contributed by atoms with Gasteiger partial charge in [0.05, 0.1) is 4.92 Å². The number of rotatable bonds is 6. The van der Waals surface area contributed by atoms with Crippen molar-refractivity contribution in [3.05, 3.63) is 32.7 Å². The van der Waals surface area contributed by atoms with Crippen LogP contribution < -0.4 is 5.32 Å². The number of likely N-dealkylation sites (N-methyl/N-ethyl adjacent to an activating group) is 1. The van der Waals surface area contributed by atoms with E-state index in [9.17, 15) is 10.1 Å². The van der Waals surface area contributed by atoms with Gasteiger partial charge < -0.3 is 5.32 Å². The summed E-state index contributed by atoms with van der Waals surface area (Å²) in [4.78, 5) is 11.4. The summed E-state index contributed by atoms with van der Waals surface area (Å²) in [6.07, 6.45) is 8.62. The molecule has 0 aromatic carbocycles. The van der Waals surface area contributed by atoms with Crippen LogP contribution in [-0.2, 0) is 0 Å². The highest BCUT2D eigenvalue weighted by Crippen LogP contribution is 2.32. The third kappa shape index (κ3) is 4.15. The Labute approximate surface area is 124 Å². The lowest BCUT2D eigenvalue weighted by atomic mass is 9.83. The van der Waals surface area contributed by atoms with E-state index in [1.165, 1.54) is 49.0 Å². The minimum Gasteiger partial charge on any atom is -0.313 e. The predicted octanol–water partition coefficient (Wildman–Crippen LogP) is 4.23. The van der Waals surface area contributed by atoms with Gasteiger partial charge in [-0.3, -0.25) is 10.1 Å². The third-order valence-electron chi connectivity index (χ3n) is 3.83. The highest BCUT2D eigenvalue weighted by Gasteiger charge is 2.18. The molecular formula is C15H22N2O2S. The van der Waals surface area contributed by atoms with Crippen molar-refractivity contribution in [1.29, 1.82) is 0 Å². The standard InChI is InChI=1S/C15H22N2O2S/c1-2-16-11-13(12-6-4-3-5-7-12)10-14-8-9-15(20-14)17(18)19/h8-10,12,16H,2-7,11H2,1H3/b13-10-. The third-order valence-corrected chi connectivity index (χ3v) is 4.81. The molecule has 1 aromatic rings. The maximum absolute atomic E-state index is 10.8. The molecule has 1 aliphatic carbocycles. The van der Waals surface area contributed by atoms with Crippen LogP contribution in [0.2, 0.25) is 0 Å². The average Bonchev–Trinajstić information content (AvgIpc) is 2.93. The Hall–Kier alpha value is -1.20. The van der Waals surface area contributed by atoms with Crippen LogP contribution in [0, 0.1) is 16.0 Å². The quantitative estimate of drug-likeness (QED) is 0.631. The first kappa shape index (κ1) is 15.2. The van der Waals surface area contributed by atoms with Gasteiger partial charge in [0, 0.05) is 17.5 Å². The van der Waals surface area contributed by atoms with Crippen LogP contribution in [-0.4, -0.2) is 18.0 Å². The highest BCUT2D eigenvalue weighted by molar-refractivity contribution is 7.16. The topological polar surface area (TPSA) is 55.2 Å². The first-order chi connectivity index (χ1) is 9.70. The van der Waals surface area contributed by atoms with E-state index in [-0.39, 0.29) is 9.92 Å². The molecule has 4 nitrogen and oxygen atoms in total. The summed E-state index contributed by atoms with van der Waals surface area (Å²) in [7, 11) is 0. The van der Waals surface area contributed by atoms with Crippen LogP contribution in [0.5, 0.6) is 0 Å². The Balaban J connectivity index is 2.14. The number of hydrogen-bond donors (Lipinski definition) is 1.